The number of amides is 1. The number of carbonyl (C=O) groups is 1. The molecule has 1 unspecified atom stereocenters. The van der Waals surface area contributed by atoms with Crippen LogP contribution >= 0.6 is 0 Å². The molecule has 32 heavy (non-hydrogen) atoms. The molecular formula is C23H32F3N5O. The zero-order valence-electron chi connectivity index (χ0n) is 19.5. The minimum Gasteiger partial charge on any atom is -0.355 e. The smallest absolute Gasteiger partial charge is 0.355 e. The third-order valence-corrected chi connectivity index (χ3v) is 5.55. The number of piperidine rings is 1. The maximum absolute atomic E-state index is 13.4. The highest BCUT2D eigenvalue weighted by molar-refractivity contribution is 5.92. The van der Waals surface area contributed by atoms with Crippen molar-refractivity contribution in [3.63, 3.8) is 0 Å². The summed E-state index contributed by atoms with van der Waals surface area (Å²) in [4.78, 5) is 18.7. The van der Waals surface area contributed by atoms with Gasteiger partial charge in [0.2, 0.25) is 5.91 Å². The molecule has 1 aliphatic rings. The molecule has 0 bridgehead atoms. The van der Waals surface area contributed by atoms with Gasteiger partial charge in [-0.3, -0.25) is 4.79 Å². The lowest BCUT2D eigenvalue weighted by Crippen LogP contribution is -2.42. The van der Waals surface area contributed by atoms with Gasteiger partial charge in [0.15, 0.2) is 0 Å². The molecule has 1 aliphatic heterocycles. The lowest BCUT2D eigenvalue weighted by molar-refractivity contribution is -0.137. The fourth-order valence-electron chi connectivity index (χ4n) is 3.83. The summed E-state index contributed by atoms with van der Waals surface area (Å²) in [5.74, 6) is -0.191. The monoisotopic (exact) mass is 451 g/mol. The molecule has 1 atom stereocenters. The van der Waals surface area contributed by atoms with Gasteiger partial charge in [-0.05, 0) is 45.7 Å². The second-order valence-electron chi connectivity index (χ2n) is 10.4. The average Bonchev–Trinajstić information content (AvgIpc) is 3.12. The Bertz CT molecular complexity index is 969. The lowest BCUT2D eigenvalue weighted by Gasteiger charge is -2.34. The van der Waals surface area contributed by atoms with Crippen molar-refractivity contribution in [2.45, 2.75) is 71.5 Å². The van der Waals surface area contributed by atoms with Gasteiger partial charge in [-0.15, -0.1) is 0 Å². The molecule has 1 N–H and O–H groups in total. The van der Waals surface area contributed by atoms with Gasteiger partial charge in [0, 0.05) is 30.8 Å². The van der Waals surface area contributed by atoms with Crippen molar-refractivity contribution in [2.75, 3.05) is 23.3 Å². The molecule has 9 heteroatoms. The van der Waals surface area contributed by atoms with Crippen molar-refractivity contribution < 1.29 is 18.0 Å². The second kappa shape index (κ2) is 8.41. The Morgan fingerprint density at radius 3 is 2.44 bits per heavy atom. The molecule has 0 radical (unpaired) electrons. The lowest BCUT2D eigenvalue weighted by atomic mass is 9.92. The molecule has 0 aliphatic carbocycles. The molecule has 2 aromatic rings. The van der Waals surface area contributed by atoms with Gasteiger partial charge in [-0.2, -0.15) is 18.3 Å². The number of aromatic nitrogens is 3. The van der Waals surface area contributed by atoms with Crippen LogP contribution in [-0.2, 0) is 21.9 Å². The largest absolute Gasteiger partial charge is 0.419 e. The van der Waals surface area contributed by atoms with Crippen LogP contribution in [0, 0.1) is 5.92 Å². The van der Waals surface area contributed by atoms with E-state index in [1.807, 2.05) is 26.8 Å². The molecule has 6 nitrogen and oxygen atoms in total. The van der Waals surface area contributed by atoms with Gasteiger partial charge in [-0.25, -0.2) is 9.67 Å². The zero-order valence-corrected chi connectivity index (χ0v) is 19.5. The number of hydrogen-bond acceptors (Lipinski definition) is 4. The van der Waals surface area contributed by atoms with Crippen LogP contribution in [0.2, 0.25) is 0 Å². The van der Waals surface area contributed by atoms with E-state index >= 15 is 0 Å². The number of alkyl halides is 3. The number of carbonyl (C=O) groups excluding carboxylic acids is 1. The number of hydrogen-bond donors (Lipinski definition) is 1. The Labute approximate surface area is 187 Å². The molecule has 176 valence electrons. The SMILES string of the molecule is CC(C)(C)c1cc(NC(=O)C2CCCN(c3ncccc3C(F)(F)F)C2)n(C(C)(C)C)n1. The van der Waals surface area contributed by atoms with Crippen LogP contribution in [0.3, 0.4) is 0 Å². The predicted molar refractivity (Wildman–Crippen MR) is 119 cm³/mol. The van der Waals surface area contributed by atoms with E-state index in [9.17, 15) is 18.0 Å². The molecule has 1 saturated heterocycles. The molecule has 0 saturated carbocycles. The molecule has 2 aromatic heterocycles. The topological polar surface area (TPSA) is 63.1 Å². The van der Waals surface area contributed by atoms with Gasteiger partial charge in [0.05, 0.1) is 22.7 Å². The van der Waals surface area contributed by atoms with E-state index < -0.39 is 17.7 Å². The van der Waals surface area contributed by atoms with E-state index in [-0.39, 0.29) is 29.2 Å². The Kier molecular flexibility index (Phi) is 6.32. The van der Waals surface area contributed by atoms with Crippen molar-refractivity contribution >= 4 is 17.5 Å². The number of rotatable bonds is 3. The van der Waals surface area contributed by atoms with Crippen LogP contribution in [0.25, 0.3) is 0 Å². The minimum atomic E-state index is -4.50. The van der Waals surface area contributed by atoms with Crippen LogP contribution in [0.15, 0.2) is 24.4 Å². The summed E-state index contributed by atoms with van der Waals surface area (Å²) in [5.41, 5.74) is -0.455. The Morgan fingerprint density at radius 2 is 1.84 bits per heavy atom. The van der Waals surface area contributed by atoms with E-state index in [0.29, 0.717) is 25.2 Å². The fourth-order valence-corrected chi connectivity index (χ4v) is 3.83. The highest BCUT2D eigenvalue weighted by Gasteiger charge is 2.37. The molecule has 1 fully saturated rings. The molecule has 3 rings (SSSR count). The van der Waals surface area contributed by atoms with Crippen LogP contribution in [-0.4, -0.2) is 33.8 Å². The number of anilines is 2. The van der Waals surface area contributed by atoms with E-state index in [4.69, 9.17) is 5.10 Å². The predicted octanol–water partition coefficient (Wildman–Crippen LogP) is 5.20. The highest BCUT2D eigenvalue weighted by Crippen LogP contribution is 2.36. The molecule has 1 amide bonds. The first-order valence-corrected chi connectivity index (χ1v) is 10.9. The maximum atomic E-state index is 13.4. The molecule has 0 aromatic carbocycles. The standard InChI is InChI=1S/C23H32F3N5O/c1-21(2,3)17-13-18(31(29-17)22(4,5)6)28-20(32)15-9-8-12-30(14-15)19-16(23(24,25)26)10-7-11-27-19/h7,10-11,13,15H,8-9,12,14H2,1-6H3,(H,28,32). The highest BCUT2D eigenvalue weighted by atomic mass is 19.4. The number of pyridine rings is 1. The van der Waals surface area contributed by atoms with Crippen LogP contribution < -0.4 is 10.2 Å². The van der Waals surface area contributed by atoms with Gasteiger partial charge in [0.1, 0.15) is 11.6 Å². The van der Waals surface area contributed by atoms with Crippen LogP contribution in [0.5, 0.6) is 0 Å². The third kappa shape index (κ3) is 5.24. The summed E-state index contributed by atoms with van der Waals surface area (Å²) in [5, 5.41) is 7.70. The quantitative estimate of drug-likeness (QED) is 0.696. The van der Waals surface area contributed by atoms with Crippen molar-refractivity contribution in [3.05, 3.63) is 35.7 Å². The Morgan fingerprint density at radius 1 is 1.16 bits per heavy atom. The average molecular weight is 452 g/mol. The third-order valence-electron chi connectivity index (χ3n) is 5.55. The summed E-state index contributed by atoms with van der Waals surface area (Å²) < 4.78 is 42.1. The second-order valence-corrected chi connectivity index (χ2v) is 10.4. The van der Waals surface area contributed by atoms with Gasteiger partial charge >= 0.3 is 6.18 Å². The van der Waals surface area contributed by atoms with E-state index in [2.05, 4.69) is 31.1 Å². The molecular weight excluding hydrogens is 419 g/mol. The van der Waals surface area contributed by atoms with Crippen LogP contribution in [0.4, 0.5) is 24.8 Å². The van der Waals surface area contributed by atoms with E-state index in [0.717, 1.165) is 11.8 Å². The summed E-state index contributed by atoms with van der Waals surface area (Å²) in [7, 11) is 0. The summed E-state index contributed by atoms with van der Waals surface area (Å²) >= 11 is 0. The molecule has 3 heterocycles. The molecule has 0 spiro atoms. The minimum absolute atomic E-state index is 0.118. The van der Waals surface area contributed by atoms with Crippen molar-refractivity contribution in [2.24, 2.45) is 5.92 Å². The van der Waals surface area contributed by atoms with Crippen LogP contribution in [0.1, 0.15) is 65.6 Å². The van der Waals surface area contributed by atoms with E-state index in [1.54, 1.807) is 9.58 Å². The zero-order chi connectivity index (χ0) is 23.9. The van der Waals surface area contributed by atoms with Crippen molar-refractivity contribution in [1.82, 2.24) is 14.8 Å². The number of nitrogens with zero attached hydrogens (tertiary/aromatic N) is 4. The number of nitrogens with one attached hydrogen (secondary N) is 1. The first kappa shape index (κ1) is 24.1. The Hall–Kier alpha value is -2.58. The van der Waals surface area contributed by atoms with E-state index in [1.165, 1.54) is 12.3 Å². The fraction of sp³-hybridized carbons (Fsp3) is 0.609. The summed E-state index contributed by atoms with van der Waals surface area (Å²) in [6.45, 7) is 12.8. The maximum Gasteiger partial charge on any atom is 0.419 e. The first-order valence-electron chi connectivity index (χ1n) is 10.9. The van der Waals surface area contributed by atoms with Gasteiger partial charge < -0.3 is 10.2 Å². The van der Waals surface area contributed by atoms with Gasteiger partial charge in [-0.1, -0.05) is 20.8 Å². The van der Waals surface area contributed by atoms with Crippen molar-refractivity contribution in [3.8, 4) is 0 Å². The first-order chi connectivity index (χ1) is 14.7. The Balaban J connectivity index is 1.83. The normalized spacial score (nSPS) is 18.0. The summed E-state index contributed by atoms with van der Waals surface area (Å²) in [6, 6.07) is 4.19. The summed E-state index contributed by atoms with van der Waals surface area (Å²) in [6.07, 6.45) is -1.93. The van der Waals surface area contributed by atoms with Gasteiger partial charge in [0.25, 0.3) is 0 Å². The number of halogens is 3. The van der Waals surface area contributed by atoms with Crippen molar-refractivity contribution in [1.29, 1.82) is 0 Å².